The van der Waals surface area contributed by atoms with Crippen LogP contribution in [-0.2, 0) is 12.1 Å². The molecule has 0 saturated heterocycles. The predicted molar refractivity (Wildman–Crippen MR) is 74.7 cm³/mol. The standard InChI is InChI=1S/C15H22N2O/c1-6-17-13-11(10(2)3)8-7-9-12(13)14(16-17)15(4,5)18/h7-10,18H,6H2,1-5H3. The zero-order valence-corrected chi connectivity index (χ0v) is 11.9. The van der Waals surface area contributed by atoms with Gasteiger partial charge in [0.15, 0.2) is 0 Å². The molecule has 2 rings (SSSR count). The third kappa shape index (κ3) is 2.03. The molecule has 0 unspecified atom stereocenters. The molecule has 1 aromatic carbocycles. The number of nitrogens with zero attached hydrogens (tertiary/aromatic N) is 2. The number of aromatic nitrogens is 2. The number of benzene rings is 1. The zero-order valence-electron chi connectivity index (χ0n) is 11.9. The molecule has 1 heterocycles. The highest BCUT2D eigenvalue weighted by molar-refractivity contribution is 5.86. The van der Waals surface area contributed by atoms with Gasteiger partial charge in [-0.25, -0.2) is 0 Å². The largest absolute Gasteiger partial charge is 0.384 e. The Bertz CT molecular complexity index is 562. The van der Waals surface area contributed by atoms with Gasteiger partial charge in [0.1, 0.15) is 11.3 Å². The van der Waals surface area contributed by atoms with Crippen LogP contribution in [0.5, 0.6) is 0 Å². The number of hydrogen-bond donors (Lipinski definition) is 1. The van der Waals surface area contributed by atoms with Gasteiger partial charge in [0.25, 0.3) is 0 Å². The second-order valence-corrected chi connectivity index (χ2v) is 5.62. The summed E-state index contributed by atoms with van der Waals surface area (Å²) in [5.41, 5.74) is 2.31. The number of hydrogen-bond acceptors (Lipinski definition) is 2. The van der Waals surface area contributed by atoms with Crippen LogP contribution in [0.25, 0.3) is 10.9 Å². The smallest absolute Gasteiger partial charge is 0.103 e. The van der Waals surface area contributed by atoms with E-state index >= 15 is 0 Å². The third-order valence-electron chi connectivity index (χ3n) is 3.30. The first-order chi connectivity index (χ1) is 8.36. The number of aliphatic hydroxyl groups is 1. The van der Waals surface area contributed by atoms with E-state index in [9.17, 15) is 5.11 Å². The average molecular weight is 246 g/mol. The maximum Gasteiger partial charge on any atom is 0.103 e. The summed E-state index contributed by atoms with van der Waals surface area (Å²) in [4.78, 5) is 0. The van der Waals surface area contributed by atoms with Crippen molar-refractivity contribution in [1.82, 2.24) is 9.78 Å². The lowest BCUT2D eigenvalue weighted by atomic mass is 9.96. The maximum atomic E-state index is 10.2. The van der Waals surface area contributed by atoms with E-state index in [2.05, 4.69) is 38.0 Å². The quantitative estimate of drug-likeness (QED) is 0.901. The molecule has 18 heavy (non-hydrogen) atoms. The fourth-order valence-electron chi connectivity index (χ4n) is 2.41. The van der Waals surface area contributed by atoms with E-state index < -0.39 is 5.60 Å². The van der Waals surface area contributed by atoms with Crippen molar-refractivity contribution in [3.63, 3.8) is 0 Å². The Morgan fingerprint density at radius 2 is 2.00 bits per heavy atom. The highest BCUT2D eigenvalue weighted by Gasteiger charge is 2.25. The lowest BCUT2D eigenvalue weighted by Crippen LogP contribution is -2.17. The van der Waals surface area contributed by atoms with Crippen LogP contribution >= 0.6 is 0 Å². The average Bonchev–Trinajstić information content (AvgIpc) is 2.66. The molecule has 0 fully saturated rings. The Labute approximate surface area is 108 Å². The molecule has 1 aromatic heterocycles. The van der Waals surface area contributed by atoms with Gasteiger partial charge in [-0.2, -0.15) is 5.10 Å². The van der Waals surface area contributed by atoms with E-state index in [0.717, 1.165) is 23.1 Å². The first-order valence-electron chi connectivity index (χ1n) is 6.58. The summed E-state index contributed by atoms with van der Waals surface area (Å²) in [6, 6.07) is 6.25. The molecule has 2 aromatic rings. The van der Waals surface area contributed by atoms with E-state index in [4.69, 9.17) is 0 Å². The van der Waals surface area contributed by atoms with Gasteiger partial charge >= 0.3 is 0 Å². The van der Waals surface area contributed by atoms with Gasteiger partial charge in [0.05, 0.1) is 5.52 Å². The molecule has 0 saturated carbocycles. The Morgan fingerprint density at radius 1 is 1.33 bits per heavy atom. The highest BCUT2D eigenvalue weighted by atomic mass is 16.3. The van der Waals surface area contributed by atoms with Crippen LogP contribution in [0.4, 0.5) is 0 Å². The lowest BCUT2D eigenvalue weighted by molar-refractivity contribution is 0.0745. The van der Waals surface area contributed by atoms with E-state index in [1.54, 1.807) is 13.8 Å². The minimum absolute atomic E-state index is 0.449. The monoisotopic (exact) mass is 246 g/mol. The van der Waals surface area contributed by atoms with E-state index in [1.165, 1.54) is 5.56 Å². The molecule has 0 amide bonds. The molecule has 0 bridgehead atoms. The molecule has 3 nitrogen and oxygen atoms in total. The third-order valence-corrected chi connectivity index (χ3v) is 3.30. The van der Waals surface area contributed by atoms with Crippen LogP contribution in [0.1, 0.15) is 51.8 Å². The first-order valence-corrected chi connectivity index (χ1v) is 6.58. The van der Waals surface area contributed by atoms with Crippen LogP contribution in [0.2, 0.25) is 0 Å². The summed E-state index contributed by atoms with van der Waals surface area (Å²) in [7, 11) is 0. The molecule has 0 atom stereocenters. The van der Waals surface area contributed by atoms with E-state index in [0.29, 0.717) is 5.92 Å². The summed E-state index contributed by atoms with van der Waals surface area (Å²) >= 11 is 0. The molecule has 98 valence electrons. The van der Waals surface area contributed by atoms with Gasteiger partial charge in [-0.05, 0) is 32.3 Å². The van der Waals surface area contributed by atoms with Crippen LogP contribution in [0.3, 0.4) is 0 Å². The topological polar surface area (TPSA) is 38.0 Å². The van der Waals surface area contributed by atoms with Crippen molar-refractivity contribution < 1.29 is 5.11 Å². The fraction of sp³-hybridized carbons (Fsp3) is 0.533. The summed E-state index contributed by atoms with van der Waals surface area (Å²) in [5, 5.41) is 15.9. The van der Waals surface area contributed by atoms with E-state index in [1.807, 2.05) is 10.7 Å². The molecular formula is C15H22N2O. The molecule has 1 N–H and O–H groups in total. The van der Waals surface area contributed by atoms with Crippen molar-refractivity contribution in [1.29, 1.82) is 0 Å². The molecular weight excluding hydrogens is 224 g/mol. The molecule has 0 aliphatic carbocycles. The van der Waals surface area contributed by atoms with Crippen LogP contribution in [0.15, 0.2) is 18.2 Å². The summed E-state index contributed by atoms with van der Waals surface area (Å²) in [6.45, 7) is 10.8. The predicted octanol–water partition coefficient (Wildman–Crippen LogP) is 3.41. The van der Waals surface area contributed by atoms with Gasteiger partial charge in [-0.3, -0.25) is 4.68 Å². The zero-order chi connectivity index (χ0) is 13.5. The van der Waals surface area contributed by atoms with E-state index in [-0.39, 0.29) is 0 Å². The Kier molecular flexibility index (Phi) is 3.20. The van der Waals surface area contributed by atoms with Crippen LogP contribution in [-0.4, -0.2) is 14.9 Å². The van der Waals surface area contributed by atoms with Gasteiger partial charge in [0.2, 0.25) is 0 Å². The number of aryl methyl sites for hydroxylation is 1. The first kappa shape index (κ1) is 13.1. The Hall–Kier alpha value is -1.35. The molecule has 0 aliphatic heterocycles. The van der Waals surface area contributed by atoms with Crippen molar-refractivity contribution in [2.24, 2.45) is 0 Å². The summed E-state index contributed by atoms with van der Waals surface area (Å²) in [5.74, 6) is 0.449. The molecule has 0 spiro atoms. The number of para-hydroxylation sites is 1. The van der Waals surface area contributed by atoms with Gasteiger partial charge in [-0.1, -0.05) is 32.0 Å². The van der Waals surface area contributed by atoms with Gasteiger partial charge < -0.3 is 5.11 Å². The van der Waals surface area contributed by atoms with Crippen molar-refractivity contribution in [2.75, 3.05) is 0 Å². The van der Waals surface area contributed by atoms with Crippen molar-refractivity contribution in [2.45, 2.75) is 52.7 Å². The second kappa shape index (κ2) is 4.39. The Morgan fingerprint density at radius 3 is 2.50 bits per heavy atom. The second-order valence-electron chi connectivity index (χ2n) is 5.62. The normalized spacial score (nSPS) is 12.6. The summed E-state index contributed by atoms with van der Waals surface area (Å²) in [6.07, 6.45) is 0. The molecule has 0 radical (unpaired) electrons. The van der Waals surface area contributed by atoms with Crippen LogP contribution in [0, 0.1) is 0 Å². The van der Waals surface area contributed by atoms with Crippen molar-refractivity contribution in [3.05, 3.63) is 29.5 Å². The Balaban J connectivity index is 2.83. The van der Waals surface area contributed by atoms with Crippen molar-refractivity contribution in [3.8, 4) is 0 Å². The molecule has 0 aliphatic rings. The van der Waals surface area contributed by atoms with Gasteiger partial charge in [0, 0.05) is 11.9 Å². The number of rotatable bonds is 3. The van der Waals surface area contributed by atoms with Crippen LogP contribution < -0.4 is 0 Å². The SMILES string of the molecule is CCn1nc(C(C)(C)O)c2cccc(C(C)C)c21. The van der Waals surface area contributed by atoms with Gasteiger partial charge in [-0.15, -0.1) is 0 Å². The van der Waals surface area contributed by atoms with Crippen molar-refractivity contribution >= 4 is 10.9 Å². The summed E-state index contributed by atoms with van der Waals surface area (Å²) < 4.78 is 2.00. The lowest BCUT2D eigenvalue weighted by Gasteiger charge is -2.14. The minimum Gasteiger partial charge on any atom is -0.384 e. The molecule has 3 heteroatoms. The highest BCUT2D eigenvalue weighted by Crippen LogP contribution is 2.32. The minimum atomic E-state index is -0.908. The maximum absolute atomic E-state index is 10.2. The number of fused-ring (bicyclic) bond motifs is 1. The fourth-order valence-corrected chi connectivity index (χ4v) is 2.41.